The first kappa shape index (κ1) is 20.7. The zero-order valence-corrected chi connectivity index (χ0v) is 19.3. The van der Waals surface area contributed by atoms with E-state index in [4.69, 9.17) is 4.74 Å². The summed E-state index contributed by atoms with van der Waals surface area (Å²) in [6.07, 6.45) is 7.66. The highest BCUT2D eigenvalue weighted by atomic mass is 32.2. The highest BCUT2D eigenvalue weighted by Crippen LogP contribution is 2.51. The minimum Gasteiger partial charge on any atom is -0.489 e. The molecule has 1 heterocycles. The Bertz CT molecular complexity index is 1100. The molecule has 1 N–H and O–H groups in total. The van der Waals surface area contributed by atoms with Crippen LogP contribution >= 0.6 is 0 Å². The minimum absolute atomic E-state index is 0.313. The van der Waals surface area contributed by atoms with Crippen LogP contribution in [-0.2, 0) is 29.7 Å². The van der Waals surface area contributed by atoms with Gasteiger partial charge < -0.3 is 4.74 Å². The molecule has 3 fully saturated rings. The van der Waals surface area contributed by atoms with Gasteiger partial charge in [0.05, 0.1) is 5.54 Å². The van der Waals surface area contributed by atoms with Gasteiger partial charge >= 0.3 is 0 Å². The topological polar surface area (TPSA) is 58.6 Å². The molecule has 5 nitrogen and oxygen atoms in total. The molecule has 0 aromatic heterocycles. The Labute approximate surface area is 191 Å². The highest BCUT2D eigenvalue weighted by Gasteiger charge is 2.59. The van der Waals surface area contributed by atoms with Crippen molar-refractivity contribution < 1.29 is 13.2 Å². The molecule has 170 valence electrons. The molecule has 0 radical (unpaired) electrons. The SMILES string of the molecule is O=S1(=O)N[C@@]2(CN1CC1CCC1)[C@@H]1CC[C@H]2Cc2ccc(OCc3ccccc3)cc2C1. The maximum absolute atomic E-state index is 13.1. The van der Waals surface area contributed by atoms with Crippen LogP contribution in [0.1, 0.15) is 48.8 Å². The average Bonchev–Trinajstić information content (AvgIpc) is 3.15. The molecule has 1 saturated heterocycles. The largest absolute Gasteiger partial charge is 0.489 e. The van der Waals surface area contributed by atoms with Crippen LogP contribution in [0.3, 0.4) is 0 Å². The monoisotopic (exact) mass is 452 g/mol. The average molecular weight is 453 g/mol. The molecule has 6 rings (SSSR count). The molecule has 2 saturated carbocycles. The number of benzene rings is 2. The lowest BCUT2D eigenvalue weighted by atomic mass is 9.79. The lowest BCUT2D eigenvalue weighted by Gasteiger charge is -2.34. The molecule has 1 aliphatic heterocycles. The van der Waals surface area contributed by atoms with Crippen LogP contribution in [0, 0.1) is 17.8 Å². The molecule has 1 spiro atoms. The van der Waals surface area contributed by atoms with Gasteiger partial charge in [-0.2, -0.15) is 17.4 Å². The van der Waals surface area contributed by atoms with E-state index in [9.17, 15) is 8.42 Å². The summed E-state index contributed by atoms with van der Waals surface area (Å²) in [4.78, 5) is 0. The quantitative estimate of drug-likeness (QED) is 0.744. The van der Waals surface area contributed by atoms with Crippen molar-refractivity contribution in [1.29, 1.82) is 0 Å². The Morgan fingerprint density at radius 2 is 1.72 bits per heavy atom. The summed E-state index contributed by atoms with van der Waals surface area (Å²) in [6.45, 7) is 1.90. The van der Waals surface area contributed by atoms with Gasteiger partial charge in [0, 0.05) is 13.1 Å². The lowest BCUT2D eigenvalue weighted by molar-refractivity contribution is 0.186. The fourth-order valence-corrected chi connectivity index (χ4v) is 8.23. The van der Waals surface area contributed by atoms with Gasteiger partial charge in [0.15, 0.2) is 0 Å². The third kappa shape index (κ3) is 3.57. The van der Waals surface area contributed by atoms with Crippen molar-refractivity contribution >= 4 is 10.2 Å². The number of hydrogen-bond acceptors (Lipinski definition) is 3. The molecule has 4 aliphatic rings. The number of nitrogens with one attached hydrogen (secondary N) is 1. The van der Waals surface area contributed by atoms with E-state index in [1.54, 1.807) is 4.31 Å². The second kappa shape index (κ2) is 7.86. The molecule has 2 aromatic rings. The third-order valence-corrected chi connectivity index (χ3v) is 10.1. The first-order valence-corrected chi connectivity index (χ1v) is 13.5. The predicted octanol–water partition coefficient (Wildman–Crippen LogP) is 4.08. The summed E-state index contributed by atoms with van der Waals surface area (Å²) in [7, 11) is -3.38. The fraction of sp³-hybridized carbons (Fsp3) is 0.538. The second-order valence-corrected chi connectivity index (χ2v) is 12.0. The Balaban J connectivity index is 1.22. The Kier molecular flexibility index (Phi) is 5.08. The van der Waals surface area contributed by atoms with Crippen LogP contribution in [0.4, 0.5) is 0 Å². The molecule has 2 bridgehead atoms. The van der Waals surface area contributed by atoms with Crippen LogP contribution in [-0.4, -0.2) is 31.4 Å². The van der Waals surface area contributed by atoms with Crippen LogP contribution in [0.5, 0.6) is 5.75 Å². The summed E-state index contributed by atoms with van der Waals surface area (Å²) in [5.41, 5.74) is 3.54. The van der Waals surface area contributed by atoms with Crippen LogP contribution in [0.2, 0.25) is 0 Å². The molecule has 3 aliphatic carbocycles. The van der Waals surface area contributed by atoms with Crippen molar-refractivity contribution in [2.24, 2.45) is 17.8 Å². The van der Waals surface area contributed by atoms with E-state index in [-0.39, 0.29) is 5.54 Å². The van der Waals surface area contributed by atoms with Crippen molar-refractivity contribution in [2.75, 3.05) is 13.1 Å². The van der Waals surface area contributed by atoms with E-state index in [2.05, 4.69) is 35.1 Å². The van der Waals surface area contributed by atoms with E-state index < -0.39 is 10.2 Å². The molecule has 6 heteroatoms. The molecular weight excluding hydrogens is 420 g/mol. The standard InChI is InChI=1S/C26H32N2O3S/c29-32(30)27-26(18-28(32)16-19-7-4-8-19)23-10-11-24(26)14-22-15-25(12-9-21(22)13-23)31-17-20-5-2-1-3-6-20/h1-3,5-6,9,12,15,19,23-24,27H,4,7-8,10-11,13-14,16-18H2/t23-,24+,26+/m0/s1. The zero-order chi connectivity index (χ0) is 21.8. The number of nitrogens with zero attached hydrogens (tertiary/aromatic N) is 1. The van der Waals surface area contributed by atoms with Crippen LogP contribution in [0.25, 0.3) is 0 Å². The maximum Gasteiger partial charge on any atom is 0.280 e. The van der Waals surface area contributed by atoms with Gasteiger partial charge in [-0.1, -0.05) is 42.8 Å². The van der Waals surface area contributed by atoms with Crippen LogP contribution < -0.4 is 9.46 Å². The summed E-state index contributed by atoms with van der Waals surface area (Å²) in [5.74, 6) is 2.16. The smallest absolute Gasteiger partial charge is 0.280 e. The van der Waals surface area contributed by atoms with Gasteiger partial charge in [-0.25, -0.2) is 0 Å². The van der Waals surface area contributed by atoms with E-state index >= 15 is 0 Å². The second-order valence-electron chi connectivity index (χ2n) is 10.3. The summed E-state index contributed by atoms with van der Waals surface area (Å²) in [6, 6.07) is 16.7. The summed E-state index contributed by atoms with van der Waals surface area (Å²) < 4.78 is 37.2. The fourth-order valence-electron chi connectivity index (χ4n) is 6.44. The molecular formula is C26H32N2O3S. The summed E-state index contributed by atoms with van der Waals surface area (Å²) in [5, 5.41) is 0. The minimum atomic E-state index is -3.38. The zero-order valence-electron chi connectivity index (χ0n) is 18.5. The first-order chi connectivity index (χ1) is 15.5. The molecule has 0 unspecified atom stereocenters. The molecule has 32 heavy (non-hydrogen) atoms. The number of rotatable bonds is 5. The Hall–Kier alpha value is -1.89. The van der Waals surface area contributed by atoms with Crippen molar-refractivity contribution in [2.45, 2.75) is 57.1 Å². The number of ether oxygens (including phenoxy) is 1. The molecule has 3 atom stereocenters. The Morgan fingerprint density at radius 1 is 0.969 bits per heavy atom. The third-order valence-electron chi connectivity index (χ3n) is 8.46. The Morgan fingerprint density at radius 3 is 2.44 bits per heavy atom. The lowest BCUT2D eigenvalue weighted by Crippen LogP contribution is -2.52. The van der Waals surface area contributed by atoms with Crippen LogP contribution in [0.15, 0.2) is 48.5 Å². The predicted molar refractivity (Wildman–Crippen MR) is 125 cm³/mol. The van der Waals surface area contributed by atoms with Crippen molar-refractivity contribution in [3.05, 3.63) is 65.2 Å². The highest BCUT2D eigenvalue weighted by molar-refractivity contribution is 7.87. The van der Waals surface area contributed by atoms with Gasteiger partial charge in [0.25, 0.3) is 10.2 Å². The van der Waals surface area contributed by atoms with Gasteiger partial charge in [0.2, 0.25) is 0 Å². The maximum atomic E-state index is 13.1. The van der Waals surface area contributed by atoms with Gasteiger partial charge in [-0.3, -0.25) is 0 Å². The first-order valence-electron chi connectivity index (χ1n) is 12.1. The van der Waals surface area contributed by atoms with Crippen molar-refractivity contribution in [3.8, 4) is 5.75 Å². The normalized spacial score (nSPS) is 31.2. The molecule has 2 aromatic carbocycles. The van der Waals surface area contributed by atoms with Gasteiger partial charge in [-0.15, -0.1) is 0 Å². The van der Waals surface area contributed by atoms with Gasteiger partial charge in [-0.05, 0) is 85.1 Å². The van der Waals surface area contributed by atoms with Crippen molar-refractivity contribution in [1.82, 2.24) is 9.03 Å². The van der Waals surface area contributed by atoms with E-state index in [1.807, 2.05) is 18.2 Å². The van der Waals surface area contributed by atoms with E-state index in [0.717, 1.165) is 37.0 Å². The van der Waals surface area contributed by atoms with Crippen molar-refractivity contribution in [3.63, 3.8) is 0 Å². The molecule has 0 amide bonds. The number of hydrogen-bond donors (Lipinski definition) is 1. The van der Waals surface area contributed by atoms with Gasteiger partial charge in [0.1, 0.15) is 12.4 Å². The summed E-state index contributed by atoms with van der Waals surface area (Å²) >= 11 is 0. The van der Waals surface area contributed by atoms with E-state index in [1.165, 1.54) is 30.4 Å². The van der Waals surface area contributed by atoms with E-state index in [0.29, 0.717) is 37.5 Å². The number of fused-ring (bicyclic) bond motifs is 1.